The average Bonchev–Trinajstić information content (AvgIpc) is 3.53. The van der Waals surface area contributed by atoms with Gasteiger partial charge in [0.05, 0.1) is 47.4 Å². The number of nitrogens with one attached hydrogen (secondary N) is 1. The molecular weight excluding hydrogens is 491 g/mol. The van der Waals surface area contributed by atoms with Crippen molar-refractivity contribution in [2.45, 2.75) is 39.1 Å². The summed E-state index contributed by atoms with van der Waals surface area (Å²) in [5.41, 5.74) is 3.50. The molecule has 0 aliphatic carbocycles. The van der Waals surface area contributed by atoms with E-state index >= 15 is 4.39 Å². The number of aliphatic hydroxyl groups is 1. The fourth-order valence-corrected chi connectivity index (χ4v) is 4.67. The van der Waals surface area contributed by atoms with E-state index in [0.29, 0.717) is 52.3 Å². The summed E-state index contributed by atoms with van der Waals surface area (Å²) >= 11 is 0. The number of hydrogen-bond donors (Lipinski definition) is 2. The number of aryl methyl sites for hydroxylation is 1. The second-order valence-corrected chi connectivity index (χ2v) is 9.43. The average molecular weight is 521 g/mol. The number of nitrogens with zero attached hydrogens (tertiary/aromatic N) is 7. The van der Waals surface area contributed by atoms with Crippen LogP contribution in [0.2, 0.25) is 0 Å². The number of likely N-dealkylation sites (N-methyl/N-ethyl adjacent to an activating group) is 1. The molecule has 2 bridgehead atoms. The molecule has 1 aromatic carbocycles. The number of ether oxygens (including phenoxy) is 2. The predicted octanol–water partition coefficient (Wildman–Crippen LogP) is 2.97. The van der Waals surface area contributed by atoms with Crippen LogP contribution in [0.1, 0.15) is 30.8 Å². The molecule has 38 heavy (non-hydrogen) atoms. The maximum absolute atomic E-state index is 15.3. The molecule has 0 amide bonds. The van der Waals surface area contributed by atoms with Crippen molar-refractivity contribution in [2.24, 2.45) is 7.05 Å². The number of halogens is 1. The monoisotopic (exact) mass is 520 g/mol. The lowest BCUT2D eigenvalue weighted by Crippen LogP contribution is -2.32. The quantitative estimate of drug-likeness (QED) is 0.420. The zero-order valence-corrected chi connectivity index (χ0v) is 21.6. The lowest BCUT2D eigenvalue weighted by atomic mass is 10.0. The van der Waals surface area contributed by atoms with Gasteiger partial charge in [-0.25, -0.2) is 9.07 Å². The molecule has 0 spiro atoms. The molecule has 1 aliphatic rings. The zero-order chi connectivity index (χ0) is 27.0. The number of fused-ring (bicyclic) bond motifs is 4. The second-order valence-electron chi connectivity index (χ2n) is 9.43. The fourth-order valence-electron chi connectivity index (χ4n) is 4.67. The molecule has 4 heterocycles. The Morgan fingerprint density at radius 1 is 1.32 bits per heavy atom. The van der Waals surface area contributed by atoms with Gasteiger partial charge < -0.3 is 14.6 Å². The van der Waals surface area contributed by atoms with Crippen LogP contribution in [-0.2, 0) is 20.1 Å². The Labute approximate surface area is 218 Å². The van der Waals surface area contributed by atoms with Gasteiger partial charge in [-0.2, -0.15) is 15.5 Å². The van der Waals surface area contributed by atoms with Gasteiger partial charge in [0.1, 0.15) is 18.0 Å². The number of rotatable bonds is 4. The molecule has 11 nitrogen and oxygen atoms in total. The first kappa shape index (κ1) is 25.4. The van der Waals surface area contributed by atoms with Crippen molar-refractivity contribution < 1.29 is 19.0 Å². The second kappa shape index (κ2) is 10.3. The number of benzene rings is 1. The molecule has 2 atom stereocenters. The van der Waals surface area contributed by atoms with Gasteiger partial charge in [-0.15, -0.1) is 5.10 Å². The Morgan fingerprint density at radius 3 is 2.89 bits per heavy atom. The standard InChI is InChI=1S/C26H29FN8O3/c1-15(11-28)37-25-17-5-6-22-19-9-18(21(27)10-23(19)31-30-22)20-12-29-34(4)26(20)38-16(2)13-33(3)14-24(17)35(32-25)7-8-36/h5-6,9-10,12,15-16,36H,7-8,13-14H2,1-4H3,(H,30,31)/b6-5+/t15-,16+/m1/s1. The van der Waals surface area contributed by atoms with Gasteiger partial charge in [-0.1, -0.05) is 0 Å². The van der Waals surface area contributed by atoms with Gasteiger partial charge in [0, 0.05) is 37.2 Å². The highest BCUT2D eigenvalue weighted by atomic mass is 19.1. The Morgan fingerprint density at radius 2 is 2.13 bits per heavy atom. The summed E-state index contributed by atoms with van der Waals surface area (Å²) in [7, 11) is 3.71. The van der Waals surface area contributed by atoms with E-state index in [1.165, 1.54) is 6.07 Å². The van der Waals surface area contributed by atoms with Crippen LogP contribution in [0.4, 0.5) is 4.39 Å². The first-order valence-electron chi connectivity index (χ1n) is 12.3. The highest BCUT2D eigenvalue weighted by molar-refractivity contribution is 5.93. The molecule has 2 N–H and O–H groups in total. The van der Waals surface area contributed by atoms with Crippen LogP contribution < -0.4 is 9.47 Å². The minimum atomic E-state index is -0.725. The predicted molar refractivity (Wildman–Crippen MR) is 139 cm³/mol. The minimum Gasteiger partial charge on any atom is -0.473 e. The van der Waals surface area contributed by atoms with Crippen molar-refractivity contribution in [2.75, 3.05) is 20.2 Å². The van der Waals surface area contributed by atoms with E-state index in [9.17, 15) is 10.4 Å². The van der Waals surface area contributed by atoms with E-state index in [1.807, 2.05) is 20.0 Å². The van der Waals surface area contributed by atoms with E-state index in [2.05, 4.69) is 31.4 Å². The lowest BCUT2D eigenvalue weighted by molar-refractivity contribution is 0.146. The number of aromatic amines is 1. The van der Waals surface area contributed by atoms with Crippen LogP contribution in [0, 0.1) is 17.1 Å². The summed E-state index contributed by atoms with van der Waals surface area (Å²) in [5.74, 6) is 0.329. The molecule has 0 saturated heterocycles. The lowest BCUT2D eigenvalue weighted by Gasteiger charge is -2.23. The third-order valence-electron chi connectivity index (χ3n) is 6.41. The number of aromatic nitrogens is 6. The number of nitriles is 1. The SMILES string of the molecule is C[C@H](C#N)Oc1nn(CCO)c2c1/C=C/c1n[nH]c3cc(F)c(cc13)-c1cnn(C)c1O[C@@H](C)CN(C)C2. The van der Waals surface area contributed by atoms with Crippen LogP contribution in [0.5, 0.6) is 11.8 Å². The molecule has 0 saturated carbocycles. The summed E-state index contributed by atoms with van der Waals surface area (Å²) < 4.78 is 30.7. The summed E-state index contributed by atoms with van der Waals surface area (Å²) in [4.78, 5) is 2.06. The van der Waals surface area contributed by atoms with E-state index in [1.54, 1.807) is 41.7 Å². The number of aliphatic hydroxyl groups excluding tert-OH is 1. The molecule has 3 aromatic heterocycles. The van der Waals surface area contributed by atoms with Gasteiger partial charge in [0.2, 0.25) is 11.8 Å². The first-order valence-corrected chi connectivity index (χ1v) is 12.3. The van der Waals surface area contributed by atoms with Crippen LogP contribution in [0.25, 0.3) is 34.2 Å². The van der Waals surface area contributed by atoms with Crippen LogP contribution >= 0.6 is 0 Å². The molecule has 0 unspecified atom stereocenters. The van der Waals surface area contributed by atoms with E-state index < -0.39 is 11.9 Å². The summed E-state index contributed by atoms with van der Waals surface area (Å²) in [6.07, 6.45) is 4.24. The molecule has 5 rings (SSSR count). The van der Waals surface area contributed by atoms with Crippen molar-refractivity contribution in [1.29, 1.82) is 5.26 Å². The van der Waals surface area contributed by atoms with Gasteiger partial charge in [-0.3, -0.25) is 14.7 Å². The highest BCUT2D eigenvalue weighted by Gasteiger charge is 2.24. The molecule has 12 heteroatoms. The van der Waals surface area contributed by atoms with Crippen molar-refractivity contribution in [3.8, 4) is 29.0 Å². The smallest absolute Gasteiger partial charge is 0.241 e. The Hall–Kier alpha value is -4.21. The summed E-state index contributed by atoms with van der Waals surface area (Å²) in [5, 5.41) is 35.9. The molecular formula is C26H29FN8O3. The van der Waals surface area contributed by atoms with E-state index in [0.717, 1.165) is 5.69 Å². The van der Waals surface area contributed by atoms with Crippen LogP contribution in [0.3, 0.4) is 0 Å². The van der Waals surface area contributed by atoms with Crippen molar-refractivity contribution in [3.63, 3.8) is 0 Å². The third-order valence-corrected chi connectivity index (χ3v) is 6.41. The molecule has 198 valence electrons. The molecule has 0 fully saturated rings. The maximum Gasteiger partial charge on any atom is 0.241 e. The van der Waals surface area contributed by atoms with Gasteiger partial charge in [0.15, 0.2) is 6.10 Å². The van der Waals surface area contributed by atoms with Gasteiger partial charge in [-0.05, 0) is 39.1 Å². The minimum absolute atomic E-state index is 0.115. The van der Waals surface area contributed by atoms with Crippen molar-refractivity contribution in [3.05, 3.63) is 41.1 Å². The van der Waals surface area contributed by atoms with E-state index in [4.69, 9.17) is 9.47 Å². The topological polar surface area (TPSA) is 130 Å². The Balaban J connectivity index is 1.71. The summed E-state index contributed by atoms with van der Waals surface area (Å²) in [6, 6.07) is 5.21. The fraction of sp³-hybridized carbons (Fsp3) is 0.385. The number of hydrogen-bond acceptors (Lipinski definition) is 8. The largest absolute Gasteiger partial charge is 0.473 e. The Kier molecular flexibility index (Phi) is 6.88. The van der Waals surface area contributed by atoms with Gasteiger partial charge >= 0.3 is 0 Å². The Bertz CT molecular complexity index is 1550. The van der Waals surface area contributed by atoms with Crippen molar-refractivity contribution in [1.82, 2.24) is 34.7 Å². The molecule has 4 aromatic rings. The maximum atomic E-state index is 15.3. The highest BCUT2D eigenvalue weighted by Crippen LogP contribution is 2.36. The third kappa shape index (κ3) is 4.73. The summed E-state index contributed by atoms with van der Waals surface area (Å²) in [6.45, 7) is 4.72. The number of H-pyrrole nitrogens is 1. The van der Waals surface area contributed by atoms with E-state index in [-0.39, 0.29) is 25.1 Å². The first-order chi connectivity index (χ1) is 18.3. The van der Waals surface area contributed by atoms with Crippen molar-refractivity contribution >= 4 is 23.1 Å². The molecule has 1 aliphatic heterocycles. The zero-order valence-electron chi connectivity index (χ0n) is 21.6. The van der Waals surface area contributed by atoms with Crippen LogP contribution in [0.15, 0.2) is 18.3 Å². The van der Waals surface area contributed by atoms with Crippen LogP contribution in [-0.4, -0.2) is 72.2 Å². The molecule has 0 radical (unpaired) electrons. The van der Waals surface area contributed by atoms with Gasteiger partial charge in [0.25, 0.3) is 0 Å². The normalized spacial score (nSPS) is 17.7.